The van der Waals surface area contributed by atoms with E-state index in [1.54, 1.807) is 0 Å². The average Bonchev–Trinajstić information content (AvgIpc) is 2.24. The highest BCUT2D eigenvalue weighted by molar-refractivity contribution is 9.10. The van der Waals surface area contributed by atoms with Gasteiger partial charge in [-0.05, 0) is 39.0 Å². The van der Waals surface area contributed by atoms with E-state index in [2.05, 4.69) is 37.9 Å². The number of rotatable bonds is 5. The Bertz CT molecular complexity index is 359. The minimum absolute atomic E-state index is 0.110. The van der Waals surface area contributed by atoms with Gasteiger partial charge in [-0.1, -0.05) is 31.9 Å². The molecule has 1 aromatic rings. The van der Waals surface area contributed by atoms with E-state index in [9.17, 15) is 0 Å². The number of hydrogen-bond acceptors (Lipinski definition) is 2. The number of hydrogen-bond donors (Lipinski definition) is 0. The summed E-state index contributed by atoms with van der Waals surface area (Å²) in [4.78, 5) is 0. The van der Waals surface area contributed by atoms with Crippen LogP contribution in [0.2, 0.25) is 0 Å². The molecule has 0 amide bonds. The largest absolute Gasteiger partial charge is 0.491 e. The van der Waals surface area contributed by atoms with E-state index in [0.29, 0.717) is 13.2 Å². The standard InChI is InChI=1S/C13H18Br2O2/c1-13(2,3)17-7-6-16-12-5-4-11(15)8-10(12)9-14/h4-5,8H,6-7,9H2,1-3H3. The maximum absolute atomic E-state index is 5.70. The summed E-state index contributed by atoms with van der Waals surface area (Å²) in [5.74, 6) is 0.905. The molecule has 0 aliphatic carbocycles. The van der Waals surface area contributed by atoms with Gasteiger partial charge in [-0.25, -0.2) is 0 Å². The Balaban J connectivity index is 2.46. The van der Waals surface area contributed by atoms with Crippen LogP contribution in [0.5, 0.6) is 5.75 Å². The number of ether oxygens (including phenoxy) is 2. The molecule has 4 heteroatoms. The zero-order chi connectivity index (χ0) is 12.9. The first-order valence-electron chi connectivity index (χ1n) is 5.53. The maximum atomic E-state index is 5.70. The van der Waals surface area contributed by atoms with Crippen molar-refractivity contribution in [3.8, 4) is 5.75 Å². The Morgan fingerprint density at radius 1 is 1.18 bits per heavy atom. The highest BCUT2D eigenvalue weighted by Gasteiger charge is 2.10. The number of halogens is 2. The fourth-order valence-corrected chi connectivity index (χ4v) is 2.14. The molecule has 0 aromatic heterocycles. The van der Waals surface area contributed by atoms with Gasteiger partial charge in [0.05, 0.1) is 12.2 Å². The van der Waals surface area contributed by atoms with Gasteiger partial charge >= 0.3 is 0 Å². The summed E-state index contributed by atoms with van der Waals surface area (Å²) in [5.41, 5.74) is 1.02. The lowest BCUT2D eigenvalue weighted by atomic mass is 10.2. The van der Waals surface area contributed by atoms with Crippen LogP contribution in [0.25, 0.3) is 0 Å². The highest BCUT2D eigenvalue weighted by Crippen LogP contribution is 2.25. The first kappa shape index (κ1) is 15.0. The molecule has 0 saturated heterocycles. The van der Waals surface area contributed by atoms with Gasteiger partial charge < -0.3 is 9.47 Å². The summed E-state index contributed by atoms with van der Waals surface area (Å²) in [7, 11) is 0. The van der Waals surface area contributed by atoms with Crippen LogP contribution in [0.3, 0.4) is 0 Å². The van der Waals surface area contributed by atoms with Crippen LogP contribution in [-0.4, -0.2) is 18.8 Å². The van der Waals surface area contributed by atoms with Gasteiger partial charge in [0.2, 0.25) is 0 Å². The molecule has 0 spiro atoms. The van der Waals surface area contributed by atoms with Crippen LogP contribution in [0.1, 0.15) is 26.3 Å². The lowest BCUT2D eigenvalue weighted by molar-refractivity contribution is -0.0163. The summed E-state index contributed by atoms with van der Waals surface area (Å²) in [6.07, 6.45) is 0. The fourth-order valence-electron chi connectivity index (χ4n) is 1.29. The van der Waals surface area contributed by atoms with Crippen LogP contribution in [0.4, 0.5) is 0 Å². The van der Waals surface area contributed by atoms with Crippen molar-refractivity contribution in [2.45, 2.75) is 31.7 Å². The third kappa shape index (κ3) is 5.89. The van der Waals surface area contributed by atoms with Gasteiger partial charge in [-0.15, -0.1) is 0 Å². The Morgan fingerprint density at radius 3 is 2.47 bits per heavy atom. The molecule has 1 aromatic carbocycles. The second kappa shape index (κ2) is 6.76. The molecule has 0 aliphatic rings. The molecule has 0 bridgehead atoms. The van der Waals surface area contributed by atoms with E-state index in [4.69, 9.17) is 9.47 Å². The van der Waals surface area contributed by atoms with Gasteiger partial charge in [0.1, 0.15) is 12.4 Å². The van der Waals surface area contributed by atoms with Crippen molar-refractivity contribution in [2.75, 3.05) is 13.2 Å². The summed E-state index contributed by atoms with van der Waals surface area (Å²) >= 11 is 6.90. The van der Waals surface area contributed by atoms with Crippen LogP contribution < -0.4 is 4.74 Å². The molecule has 1 rings (SSSR count). The van der Waals surface area contributed by atoms with E-state index in [-0.39, 0.29) is 5.60 Å². The quantitative estimate of drug-likeness (QED) is 0.563. The Kier molecular flexibility index (Phi) is 5.97. The van der Waals surface area contributed by atoms with E-state index < -0.39 is 0 Å². The monoisotopic (exact) mass is 364 g/mol. The lowest BCUT2D eigenvalue weighted by Crippen LogP contribution is -2.22. The van der Waals surface area contributed by atoms with Crippen LogP contribution >= 0.6 is 31.9 Å². The normalized spacial score (nSPS) is 11.6. The zero-order valence-corrected chi connectivity index (χ0v) is 13.6. The molecule has 0 unspecified atom stereocenters. The Labute approximate surface area is 120 Å². The van der Waals surface area contributed by atoms with Gasteiger partial charge in [-0.3, -0.25) is 0 Å². The van der Waals surface area contributed by atoms with E-state index >= 15 is 0 Å². The van der Waals surface area contributed by atoms with Crippen molar-refractivity contribution >= 4 is 31.9 Å². The molecule has 0 N–H and O–H groups in total. The molecule has 0 saturated carbocycles. The predicted molar refractivity (Wildman–Crippen MR) is 78.0 cm³/mol. The first-order chi connectivity index (χ1) is 7.92. The Hall–Kier alpha value is -0.0600. The van der Waals surface area contributed by atoms with Crippen LogP contribution in [0, 0.1) is 0 Å². The van der Waals surface area contributed by atoms with E-state index in [1.807, 2.05) is 32.9 Å². The minimum Gasteiger partial charge on any atom is -0.491 e. The molecule has 0 atom stereocenters. The average molecular weight is 366 g/mol. The molecule has 0 fully saturated rings. The highest BCUT2D eigenvalue weighted by atomic mass is 79.9. The maximum Gasteiger partial charge on any atom is 0.123 e. The van der Waals surface area contributed by atoms with Crippen molar-refractivity contribution in [3.63, 3.8) is 0 Å². The Morgan fingerprint density at radius 2 is 1.88 bits per heavy atom. The van der Waals surface area contributed by atoms with E-state index in [1.165, 1.54) is 0 Å². The molecule has 17 heavy (non-hydrogen) atoms. The van der Waals surface area contributed by atoms with Crippen molar-refractivity contribution < 1.29 is 9.47 Å². The summed E-state index contributed by atoms with van der Waals surface area (Å²) in [5, 5.41) is 0.780. The van der Waals surface area contributed by atoms with Crippen molar-refractivity contribution in [1.82, 2.24) is 0 Å². The third-order valence-corrected chi connectivity index (χ3v) is 3.14. The summed E-state index contributed by atoms with van der Waals surface area (Å²) in [6.45, 7) is 7.28. The first-order valence-corrected chi connectivity index (χ1v) is 7.45. The summed E-state index contributed by atoms with van der Waals surface area (Å²) < 4.78 is 12.4. The minimum atomic E-state index is -0.110. The molecular formula is C13H18Br2O2. The van der Waals surface area contributed by atoms with Crippen LogP contribution in [-0.2, 0) is 10.1 Å². The smallest absolute Gasteiger partial charge is 0.123 e. The van der Waals surface area contributed by atoms with Crippen molar-refractivity contribution in [1.29, 1.82) is 0 Å². The number of benzene rings is 1. The number of alkyl halides is 1. The van der Waals surface area contributed by atoms with Crippen LogP contribution in [0.15, 0.2) is 22.7 Å². The SMILES string of the molecule is CC(C)(C)OCCOc1ccc(Br)cc1CBr. The molecule has 96 valence electrons. The van der Waals surface area contributed by atoms with Crippen molar-refractivity contribution in [2.24, 2.45) is 0 Å². The third-order valence-electron chi connectivity index (χ3n) is 2.04. The van der Waals surface area contributed by atoms with Gasteiger partial charge in [0.25, 0.3) is 0 Å². The second-order valence-corrected chi connectivity index (χ2v) is 6.17. The van der Waals surface area contributed by atoms with Gasteiger partial charge in [0, 0.05) is 15.4 Å². The molecule has 2 nitrogen and oxygen atoms in total. The molecule has 0 radical (unpaired) electrons. The second-order valence-electron chi connectivity index (χ2n) is 4.69. The van der Waals surface area contributed by atoms with E-state index in [0.717, 1.165) is 21.1 Å². The molecule has 0 heterocycles. The summed E-state index contributed by atoms with van der Waals surface area (Å²) in [6, 6.07) is 6.00. The van der Waals surface area contributed by atoms with Gasteiger partial charge in [-0.2, -0.15) is 0 Å². The molecular weight excluding hydrogens is 348 g/mol. The molecule has 0 aliphatic heterocycles. The predicted octanol–water partition coefficient (Wildman–Crippen LogP) is 4.54. The fraction of sp³-hybridized carbons (Fsp3) is 0.538. The van der Waals surface area contributed by atoms with Crippen molar-refractivity contribution in [3.05, 3.63) is 28.2 Å². The topological polar surface area (TPSA) is 18.5 Å². The van der Waals surface area contributed by atoms with Gasteiger partial charge in [0.15, 0.2) is 0 Å². The lowest BCUT2D eigenvalue weighted by Gasteiger charge is -2.19. The zero-order valence-electron chi connectivity index (χ0n) is 10.4.